The molecule has 0 atom stereocenters. The Morgan fingerprint density at radius 2 is 2.00 bits per heavy atom. The highest BCUT2D eigenvalue weighted by Crippen LogP contribution is 2.15. The Hall–Kier alpha value is -1.35. The normalized spacial score (nSPS) is 17.1. The Balaban J connectivity index is 1.83. The van der Waals surface area contributed by atoms with Crippen molar-refractivity contribution in [1.82, 2.24) is 4.90 Å². The number of hydrogen-bond donors (Lipinski definition) is 1. The third-order valence-electron chi connectivity index (χ3n) is 3.06. The van der Waals surface area contributed by atoms with Crippen LogP contribution in [0.5, 0.6) is 0 Å². The molecule has 3 nitrogen and oxygen atoms in total. The number of carboxylic acids is 1. The zero-order valence-electron chi connectivity index (χ0n) is 9.52. The maximum absolute atomic E-state index is 10.7. The zero-order chi connectivity index (χ0) is 11.5. The molecule has 1 fully saturated rings. The van der Waals surface area contributed by atoms with Crippen molar-refractivity contribution in [3.05, 3.63) is 35.4 Å². The van der Waals surface area contributed by atoms with Gasteiger partial charge < -0.3 is 10.0 Å². The third kappa shape index (κ3) is 2.61. The van der Waals surface area contributed by atoms with Crippen LogP contribution >= 0.6 is 0 Å². The zero-order valence-corrected chi connectivity index (χ0v) is 9.52. The molecule has 0 aliphatic carbocycles. The first-order valence-electron chi connectivity index (χ1n) is 5.70. The maximum atomic E-state index is 10.7. The van der Waals surface area contributed by atoms with Crippen molar-refractivity contribution >= 4 is 5.97 Å². The summed E-state index contributed by atoms with van der Waals surface area (Å²) >= 11 is 0. The second kappa shape index (κ2) is 4.66. The average Bonchev–Trinajstić information content (AvgIpc) is 2.23. The van der Waals surface area contributed by atoms with Crippen molar-refractivity contribution in [2.75, 3.05) is 19.6 Å². The van der Waals surface area contributed by atoms with Crippen LogP contribution in [0.15, 0.2) is 24.3 Å². The quantitative estimate of drug-likeness (QED) is 0.840. The second-order valence-corrected chi connectivity index (χ2v) is 4.62. The summed E-state index contributed by atoms with van der Waals surface area (Å²) in [5.74, 6) is -0.0162. The van der Waals surface area contributed by atoms with Gasteiger partial charge in [-0.1, -0.05) is 19.1 Å². The van der Waals surface area contributed by atoms with Crippen LogP contribution in [0.4, 0.5) is 0 Å². The topological polar surface area (TPSA) is 40.5 Å². The van der Waals surface area contributed by atoms with Gasteiger partial charge in [0.05, 0.1) is 5.56 Å². The van der Waals surface area contributed by atoms with Crippen LogP contribution in [-0.4, -0.2) is 35.6 Å². The van der Waals surface area contributed by atoms with Crippen LogP contribution in [0.2, 0.25) is 0 Å². The molecule has 0 aromatic heterocycles. The fourth-order valence-electron chi connectivity index (χ4n) is 2.11. The minimum Gasteiger partial charge on any atom is -0.478 e. The predicted molar refractivity (Wildman–Crippen MR) is 62.7 cm³/mol. The largest absolute Gasteiger partial charge is 0.478 e. The molecule has 1 aromatic carbocycles. The summed E-state index contributed by atoms with van der Waals surface area (Å²) in [5, 5.41) is 8.76. The molecule has 0 spiro atoms. The summed E-state index contributed by atoms with van der Waals surface area (Å²) in [6, 6.07) is 7.17. The fraction of sp³-hybridized carbons (Fsp3) is 0.462. The molecule has 0 radical (unpaired) electrons. The number of likely N-dealkylation sites (tertiary alicyclic amines) is 1. The SMILES string of the molecule is CC1CN(CCc2ccc(C(=O)O)cc2)C1. The number of rotatable bonds is 4. The van der Waals surface area contributed by atoms with Crippen molar-refractivity contribution < 1.29 is 9.90 Å². The summed E-state index contributed by atoms with van der Waals surface area (Å²) in [7, 11) is 0. The molecule has 2 rings (SSSR count). The number of carbonyl (C=O) groups is 1. The molecule has 0 bridgehead atoms. The van der Waals surface area contributed by atoms with Crippen LogP contribution in [-0.2, 0) is 6.42 Å². The first kappa shape index (κ1) is 11.1. The molecule has 1 heterocycles. The van der Waals surface area contributed by atoms with E-state index in [1.54, 1.807) is 12.1 Å². The van der Waals surface area contributed by atoms with E-state index < -0.39 is 5.97 Å². The van der Waals surface area contributed by atoms with E-state index >= 15 is 0 Å². The molecule has 1 aromatic rings. The van der Waals surface area contributed by atoms with Gasteiger partial charge in [0.1, 0.15) is 0 Å². The van der Waals surface area contributed by atoms with E-state index in [2.05, 4.69) is 11.8 Å². The number of nitrogens with zero attached hydrogens (tertiary/aromatic N) is 1. The van der Waals surface area contributed by atoms with Crippen LogP contribution < -0.4 is 0 Å². The van der Waals surface area contributed by atoms with Crippen LogP contribution in [0.1, 0.15) is 22.8 Å². The van der Waals surface area contributed by atoms with Crippen LogP contribution in [0.3, 0.4) is 0 Å². The molecular formula is C13H17NO2. The summed E-state index contributed by atoms with van der Waals surface area (Å²) in [4.78, 5) is 13.1. The van der Waals surface area contributed by atoms with Gasteiger partial charge in [0.25, 0.3) is 0 Å². The van der Waals surface area contributed by atoms with E-state index in [4.69, 9.17) is 5.11 Å². The van der Waals surface area contributed by atoms with Gasteiger partial charge in [-0.15, -0.1) is 0 Å². The van der Waals surface area contributed by atoms with Crippen molar-refractivity contribution in [2.45, 2.75) is 13.3 Å². The average molecular weight is 219 g/mol. The van der Waals surface area contributed by atoms with E-state index in [1.807, 2.05) is 12.1 Å². The van der Waals surface area contributed by atoms with Crippen molar-refractivity contribution in [3.8, 4) is 0 Å². The first-order valence-corrected chi connectivity index (χ1v) is 5.70. The van der Waals surface area contributed by atoms with E-state index in [0.29, 0.717) is 5.56 Å². The molecule has 86 valence electrons. The molecule has 1 N–H and O–H groups in total. The fourth-order valence-corrected chi connectivity index (χ4v) is 2.11. The molecule has 0 saturated carbocycles. The Morgan fingerprint density at radius 3 is 2.50 bits per heavy atom. The Morgan fingerprint density at radius 1 is 1.38 bits per heavy atom. The monoisotopic (exact) mass is 219 g/mol. The van der Waals surface area contributed by atoms with Crippen molar-refractivity contribution in [3.63, 3.8) is 0 Å². The van der Waals surface area contributed by atoms with Gasteiger partial charge in [-0.05, 0) is 30.0 Å². The van der Waals surface area contributed by atoms with Gasteiger partial charge in [0.15, 0.2) is 0 Å². The van der Waals surface area contributed by atoms with Gasteiger partial charge in [-0.3, -0.25) is 0 Å². The standard InChI is InChI=1S/C13H17NO2/c1-10-8-14(9-10)7-6-11-2-4-12(5-3-11)13(15)16/h2-5,10H,6-9H2,1H3,(H,15,16). The maximum Gasteiger partial charge on any atom is 0.335 e. The first-order chi connectivity index (χ1) is 7.65. The molecular weight excluding hydrogens is 202 g/mol. The van der Waals surface area contributed by atoms with Gasteiger partial charge >= 0.3 is 5.97 Å². The van der Waals surface area contributed by atoms with Gasteiger partial charge in [-0.25, -0.2) is 4.79 Å². The van der Waals surface area contributed by atoms with Gasteiger partial charge in [0, 0.05) is 19.6 Å². The Labute approximate surface area is 95.7 Å². The lowest BCUT2D eigenvalue weighted by atomic mass is 10.0. The van der Waals surface area contributed by atoms with E-state index in [-0.39, 0.29) is 0 Å². The lowest BCUT2D eigenvalue weighted by molar-refractivity contribution is 0.0697. The van der Waals surface area contributed by atoms with E-state index in [1.165, 1.54) is 18.7 Å². The molecule has 1 aliphatic heterocycles. The van der Waals surface area contributed by atoms with E-state index in [0.717, 1.165) is 18.9 Å². The summed E-state index contributed by atoms with van der Waals surface area (Å²) < 4.78 is 0. The second-order valence-electron chi connectivity index (χ2n) is 4.62. The number of hydrogen-bond acceptors (Lipinski definition) is 2. The highest BCUT2D eigenvalue weighted by Gasteiger charge is 2.21. The van der Waals surface area contributed by atoms with Crippen molar-refractivity contribution in [2.24, 2.45) is 5.92 Å². The van der Waals surface area contributed by atoms with Crippen LogP contribution in [0, 0.1) is 5.92 Å². The minimum absolute atomic E-state index is 0.362. The predicted octanol–water partition coefficient (Wildman–Crippen LogP) is 1.88. The van der Waals surface area contributed by atoms with E-state index in [9.17, 15) is 4.79 Å². The smallest absolute Gasteiger partial charge is 0.335 e. The Bertz CT molecular complexity index is 366. The van der Waals surface area contributed by atoms with Gasteiger partial charge in [0.2, 0.25) is 0 Å². The molecule has 16 heavy (non-hydrogen) atoms. The Kier molecular flexibility index (Phi) is 3.25. The summed E-state index contributed by atoms with van der Waals surface area (Å²) in [6.07, 6.45) is 1.01. The van der Waals surface area contributed by atoms with Crippen molar-refractivity contribution in [1.29, 1.82) is 0 Å². The molecule has 1 saturated heterocycles. The number of aromatic carboxylic acids is 1. The molecule has 0 amide bonds. The summed E-state index contributed by atoms with van der Waals surface area (Å²) in [6.45, 7) is 5.75. The minimum atomic E-state index is -0.858. The highest BCUT2D eigenvalue weighted by molar-refractivity contribution is 5.87. The lowest BCUT2D eigenvalue weighted by Gasteiger charge is -2.37. The lowest BCUT2D eigenvalue weighted by Crippen LogP contribution is -2.45. The van der Waals surface area contributed by atoms with Crippen LogP contribution in [0.25, 0.3) is 0 Å². The molecule has 1 aliphatic rings. The third-order valence-corrected chi connectivity index (χ3v) is 3.06. The molecule has 3 heteroatoms. The number of benzene rings is 1. The van der Waals surface area contributed by atoms with Gasteiger partial charge in [-0.2, -0.15) is 0 Å². The number of carboxylic acid groups (broad SMARTS) is 1. The molecule has 0 unspecified atom stereocenters. The summed E-state index contributed by atoms with van der Waals surface area (Å²) in [5.41, 5.74) is 1.57. The highest BCUT2D eigenvalue weighted by atomic mass is 16.4.